The number of rotatable bonds is 2. The average Bonchev–Trinajstić information content (AvgIpc) is 2.88. The predicted molar refractivity (Wildman–Crippen MR) is 48.2 cm³/mol. The summed E-state index contributed by atoms with van der Waals surface area (Å²) >= 11 is 0. The summed E-state index contributed by atoms with van der Waals surface area (Å²) in [4.78, 5) is 23.9. The van der Waals surface area contributed by atoms with Crippen LogP contribution in [0.15, 0.2) is 16.8 Å². The number of hydrogen-bond acceptors (Lipinski definition) is 4. The summed E-state index contributed by atoms with van der Waals surface area (Å²) in [5.74, 6) is -1.29. The Kier molecular flexibility index (Phi) is 2.40. The van der Waals surface area contributed by atoms with Crippen molar-refractivity contribution in [1.82, 2.24) is 10.1 Å². The third-order valence-electron chi connectivity index (χ3n) is 2.45. The van der Waals surface area contributed by atoms with E-state index in [-0.39, 0.29) is 5.76 Å². The van der Waals surface area contributed by atoms with E-state index in [4.69, 9.17) is 9.63 Å². The van der Waals surface area contributed by atoms with Crippen molar-refractivity contribution < 1.29 is 19.2 Å². The van der Waals surface area contributed by atoms with Gasteiger partial charge in [0, 0.05) is 12.6 Å². The van der Waals surface area contributed by atoms with Crippen LogP contribution in [0.1, 0.15) is 23.4 Å². The summed E-state index contributed by atoms with van der Waals surface area (Å²) in [6.07, 6.45) is 2.56. The minimum atomic E-state index is -0.972. The molecule has 0 radical (unpaired) electrons. The summed E-state index contributed by atoms with van der Waals surface area (Å²) in [6.45, 7) is 0.455. The van der Waals surface area contributed by atoms with Gasteiger partial charge in [0.25, 0.3) is 5.91 Å². The number of aliphatic carboxylic acids is 1. The van der Waals surface area contributed by atoms with E-state index in [1.54, 1.807) is 0 Å². The van der Waals surface area contributed by atoms with Gasteiger partial charge in [-0.1, -0.05) is 5.16 Å². The highest BCUT2D eigenvalue weighted by molar-refractivity contribution is 5.94. The summed E-state index contributed by atoms with van der Waals surface area (Å²) in [7, 11) is 0. The van der Waals surface area contributed by atoms with Gasteiger partial charge in [0.2, 0.25) is 5.76 Å². The molecule has 1 fully saturated rings. The van der Waals surface area contributed by atoms with Crippen LogP contribution in [0.4, 0.5) is 0 Å². The minimum Gasteiger partial charge on any atom is -0.480 e. The van der Waals surface area contributed by atoms with Crippen molar-refractivity contribution in [2.24, 2.45) is 0 Å². The van der Waals surface area contributed by atoms with Gasteiger partial charge >= 0.3 is 5.97 Å². The molecule has 1 aliphatic rings. The number of aromatic nitrogens is 1. The Labute approximate surface area is 85.5 Å². The van der Waals surface area contributed by atoms with Crippen LogP contribution in [0.3, 0.4) is 0 Å². The van der Waals surface area contributed by atoms with Gasteiger partial charge in [-0.05, 0) is 12.8 Å². The third kappa shape index (κ3) is 1.70. The van der Waals surface area contributed by atoms with E-state index in [1.165, 1.54) is 17.2 Å². The van der Waals surface area contributed by atoms with E-state index in [0.29, 0.717) is 19.4 Å². The van der Waals surface area contributed by atoms with Crippen LogP contribution in [0.5, 0.6) is 0 Å². The van der Waals surface area contributed by atoms with Gasteiger partial charge in [0.05, 0.1) is 6.20 Å². The molecule has 0 spiro atoms. The Morgan fingerprint density at radius 2 is 2.40 bits per heavy atom. The molecule has 0 aromatic carbocycles. The van der Waals surface area contributed by atoms with Crippen LogP contribution in [-0.4, -0.2) is 39.6 Å². The predicted octanol–water partition coefficient (Wildman–Crippen LogP) is 0.364. The highest BCUT2D eigenvalue weighted by Crippen LogP contribution is 2.19. The van der Waals surface area contributed by atoms with Crippen molar-refractivity contribution in [3.63, 3.8) is 0 Å². The first-order valence-corrected chi connectivity index (χ1v) is 4.64. The largest absolute Gasteiger partial charge is 0.480 e. The molecule has 2 heterocycles. The standard InChI is InChI=1S/C9H10N2O4/c12-8(7-3-4-10-15-7)11-5-1-2-6(11)9(13)14/h3-4,6H,1-2,5H2,(H,13,14)/t6-/m0/s1. The highest BCUT2D eigenvalue weighted by Gasteiger charge is 2.35. The molecule has 0 saturated carbocycles. The average molecular weight is 210 g/mol. The monoisotopic (exact) mass is 210 g/mol. The highest BCUT2D eigenvalue weighted by atomic mass is 16.5. The molecular weight excluding hydrogens is 200 g/mol. The molecule has 0 bridgehead atoms. The van der Waals surface area contributed by atoms with Gasteiger partial charge in [0.15, 0.2) is 0 Å². The number of likely N-dealkylation sites (tertiary alicyclic amines) is 1. The Morgan fingerprint density at radius 1 is 1.60 bits per heavy atom. The quantitative estimate of drug-likeness (QED) is 0.762. The number of nitrogens with zero attached hydrogens (tertiary/aromatic N) is 2. The van der Waals surface area contributed by atoms with Crippen LogP contribution in [0, 0.1) is 0 Å². The third-order valence-corrected chi connectivity index (χ3v) is 2.45. The maximum atomic E-state index is 11.8. The molecule has 0 aliphatic carbocycles. The van der Waals surface area contributed by atoms with Gasteiger partial charge in [-0.3, -0.25) is 4.79 Å². The zero-order chi connectivity index (χ0) is 10.8. The maximum absolute atomic E-state index is 11.8. The Bertz CT molecular complexity index is 373. The Hall–Kier alpha value is -1.85. The fraction of sp³-hybridized carbons (Fsp3) is 0.444. The smallest absolute Gasteiger partial charge is 0.326 e. The Balaban J connectivity index is 2.17. The first-order chi connectivity index (χ1) is 7.20. The van der Waals surface area contributed by atoms with E-state index >= 15 is 0 Å². The van der Waals surface area contributed by atoms with Crippen LogP contribution in [-0.2, 0) is 4.79 Å². The van der Waals surface area contributed by atoms with Gasteiger partial charge in [-0.25, -0.2) is 4.79 Å². The lowest BCUT2D eigenvalue weighted by molar-refractivity contribution is -0.141. The lowest BCUT2D eigenvalue weighted by atomic mass is 10.2. The number of amides is 1. The van der Waals surface area contributed by atoms with E-state index in [9.17, 15) is 9.59 Å². The molecule has 0 unspecified atom stereocenters. The van der Waals surface area contributed by atoms with Crippen molar-refractivity contribution in [2.75, 3.05) is 6.54 Å². The fourth-order valence-electron chi connectivity index (χ4n) is 1.73. The van der Waals surface area contributed by atoms with Crippen LogP contribution < -0.4 is 0 Å². The van der Waals surface area contributed by atoms with Crippen LogP contribution >= 0.6 is 0 Å². The molecule has 2 rings (SSSR count). The van der Waals surface area contributed by atoms with Gasteiger partial charge < -0.3 is 14.5 Å². The number of carboxylic acids is 1. The first kappa shape index (κ1) is 9.70. The van der Waals surface area contributed by atoms with Gasteiger partial charge in [-0.2, -0.15) is 0 Å². The molecule has 1 aromatic heterocycles. The first-order valence-electron chi connectivity index (χ1n) is 4.64. The van der Waals surface area contributed by atoms with Crippen LogP contribution in [0.2, 0.25) is 0 Å². The SMILES string of the molecule is O=C(O)[C@@H]1CCCN1C(=O)c1ccno1. The normalized spacial score (nSPS) is 20.5. The van der Waals surface area contributed by atoms with Gasteiger partial charge in [0.1, 0.15) is 6.04 Å². The van der Waals surface area contributed by atoms with E-state index < -0.39 is 17.9 Å². The number of carboxylic acid groups (broad SMARTS) is 1. The molecule has 1 aromatic rings. The van der Waals surface area contributed by atoms with E-state index in [2.05, 4.69) is 5.16 Å². The summed E-state index contributed by atoms with van der Waals surface area (Å²) in [5, 5.41) is 12.3. The van der Waals surface area contributed by atoms with Crippen molar-refractivity contribution in [3.05, 3.63) is 18.0 Å². The molecule has 1 aliphatic heterocycles. The zero-order valence-corrected chi connectivity index (χ0v) is 7.92. The molecule has 80 valence electrons. The fourth-order valence-corrected chi connectivity index (χ4v) is 1.73. The topological polar surface area (TPSA) is 83.6 Å². The van der Waals surface area contributed by atoms with Crippen molar-refractivity contribution in [2.45, 2.75) is 18.9 Å². The summed E-state index contributed by atoms with van der Waals surface area (Å²) < 4.78 is 4.70. The molecule has 1 atom stereocenters. The molecule has 1 saturated heterocycles. The lowest BCUT2D eigenvalue weighted by Gasteiger charge is -2.19. The summed E-state index contributed by atoms with van der Waals surface area (Å²) in [6, 6.07) is 0.696. The lowest BCUT2D eigenvalue weighted by Crippen LogP contribution is -2.40. The van der Waals surface area contributed by atoms with Crippen molar-refractivity contribution in [1.29, 1.82) is 0 Å². The van der Waals surface area contributed by atoms with Crippen molar-refractivity contribution >= 4 is 11.9 Å². The second-order valence-electron chi connectivity index (χ2n) is 3.37. The minimum absolute atomic E-state index is 0.0863. The molecule has 1 amide bonds. The maximum Gasteiger partial charge on any atom is 0.326 e. The van der Waals surface area contributed by atoms with Crippen molar-refractivity contribution in [3.8, 4) is 0 Å². The second kappa shape index (κ2) is 3.72. The molecular formula is C9H10N2O4. The molecule has 6 heteroatoms. The molecule has 15 heavy (non-hydrogen) atoms. The zero-order valence-electron chi connectivity index (χ0n) is 7.92. The van der Waals surface area contributed by atoms with Gasteiger partial charge in [-0.15, -0.1) is 0 Å². The molecule has 1 N–H and O–H groups in total. The van der Waals surface area contributed by atoms with E-state index in [0.717, 1.165) is 0 Å². The number of hydrogen-bond donors (Lipinski definition) is 1. The summed E-state index contributed by atoms with van der Waals surface area (Å²) in [5.41, 5.74) is 0. The second-order valence-corrected chi connectivity index (χ2v) is 3.37. The number of carbonyl (C=O) groups excluding carboxylic acids is 1. The molecule has 6 nitrogen and oxygen atoms in total. The number of carbonyl (C=O) groups is 2. The Morgan fingerprint density at radius 3 is 3.00 bits per heavy atom. The van der Waals surface area contributed by atoms with Crippen LogP contribution in [0.25, 0.3) is 0 Å². The van der Waals surface area contributed by atoms with E-state index in [1.807, 2.05) is 0 Å².